The van der Waals surface area contributed by atoms with Crippen LogP contribution >= 0.6 is 0 Å². The Labute approximate surface area is 126 Å². The van der Waals surface area contributed by atoms with Crippen LogP contribution in [0.2, 0.25) is 0 Å². The fraction of sp³-hybridized carbons (Fsp3) is 0.368. The summed E-state index contributed by atoms with van der Waals surface area (Å²) in [7, 11) is 4.19. The zero-order valence-corrected chi connectivity index (χ0v) is 12.8. The van der Waals surface area contributed by atoms with Crippen molar-refractivity contribution < 1.29 is 4.39 Å². The minimum Gasteiger partial charge on any atom is -0.309 e. The summed E-state index contributed by atoms with van der Waals surface area (Å²) in [4.78, 5) is 2.20. The summed E-state index contributed by atoms with van der Waals surface area (Å²) in [5, 5.41) is 0. The molecular formula is C19H22FN. The minimum absolute atomic E-state index is 0.116. The van der Waals surface area contributed by atoms with E-state index in [1.165, 1.54) is 22.3 Å². The molecule has 1 aliphatic carbocycles. The summed E-state index contributed by atoms with van der Waals surface area (Å²) in [6.07, 6.45) is 3.00. The Hall–Kier alpha value is -1.67. The Balaban J connectivity index is 2.00. The van der Waals surface area contributed by atoms with E-state index < -0.39 is 0 Å². The molecule has 0 heterocycles. The Morgan fingerprint density at radius 2 is 1.81 bits per heavy atom. The van der Waals surface area contributed by atoms with Crippen LogP contribution in [0.25, 0.3) is 0 Å². The van der Waals surface area contributed by atoms with Crippen molar-refractivity contribution in [3.63, 3.8) is 0 Å². The Morgan fingerprint density at radius 1 is 1.05 bits per heavy atom. The maximum atomic E-state index is 13.7. The highest BCUT2D eigenvalue weighted by Crippen LogP contribution is 2.34. The van der Waals surface area contributed by atoms with Gasteiger partial charge in [-0.25, -0.2) is 4.39 Å². The third kappa shape index (κ3) is 3.16. The van der Waals surface area contributed by atoms with Crippen LogP contribution < -0.4 is 0 Å². The molecule has 2 heteroatoms. The Kier molecular flexibility index (Phi) is 4.07. The first kappa shape index (κ1) is 14.3. The van der Waals surface area contributed by atoms with E-state index in [2.05, 4.69) is 43.3 Å². The molecule has 1 unspecified atom stereocenters. The fourth-order valence-electron chi connectivity index (χ4n) is 3.29. The largest absolute Gasteiger partial charge is 0.309 e. The summed E-state index contributed by atoms with van der Waals surface area (Å²) >= 11 is 0. The van der Waals surface area contributed by atoms with Crippen LogP contribution in [0.1, 0.15) is 34.6 Å². The number of halogens is 1. The first-order valence-corrected chi connectivity index (χ1v) is 7.63. The van der Waals surface area contributed by atoms with Gasteiger partial charge >= 0.3 is 0 Å². The first-order valence-electron chi connectivity index (χ1n) is 7.63. The normalized spacial score (nSPS) is 17.2. The predicted octanol–water partition coefficient (Wildman–Crippen LogP) is 4.01. The van der Waals surface area contributed by atoms with E-state index in [0.717, 1.165) is 25.8 Å². The van der Waals surface area contributed by atoms with Gasteiger partial charge in [0.1, 0.15) is 5.82 Å². The molecule has 0 amide bonds. The monoisotopic (exact) mass is 283 g/mol. The zero-order valence-electron chi connectivity index (χ0n) is 12.8. The zero-order chi connectivity index (χ0) is 14.8. The van der Waals surface area contributed by atoms with Gasteiger partial charge in [-0.2, -0.15) is 0 Å². The molecule has 2 aromatic rings. The Morgan fingerprint density at radius 3 is 2.57 bits per heavy atom. The lowest BCUT2D eigenvalue weighted by atomic mass is 9.88. The van der Waals surface area contributed by atoms with Crippen molar-refractivity contribution in [2.45, 2.75) is 25.2 Å². The lowest BCUT2D eigenvalue weighted by molar-refractivity contribution is 0.379. The molecule has 0 saturated carbocycles. The molecule has 0 radical (unpaired) electrons. The van der Waals surface area contributed by atoms with Crippen LogP contribution in [0.5, 0.6) is 0 Å². The fourth-order valence-corrected chi connectivity index (χ4v) is 3.29. The number of fused-ring (bicyclic) bond motifs is 2. The average Bonchev–Trinajstić information content (AvgIpc) is 2.61. The summed E-state index contributed by atoms with van der Waals surface area (Å²) in [5.41, 5.74) is 5.29. The third-order valence-corrected chi connectivity index (χ3v) is 4.44. The van der Waals surface area contributed by atoms with Gasteiger partial charge in [-0.05, 0) is 80.2 Å². The van der Waals surface area contributed by atoms with Crippen molar-refractivity contribution in [2.24, 2.45) is 0 Å². The summed E-state index contributed by atoms with van der Waals surface area (Å²) < 4.78 is 13.7. The topological polar surface area (TPSA) is 3.24 Å². The van der Waals surface area contributed by atoms with Gasteiger partial charge in [0.15, 0.2) is 0 Å². The standard InChI is InChI=1S/C19H22FN/c1-21(2)10-9-17-12-15-6-4-3-5-14(15)11-16-7-8-18(20)13-19(16)17/h3-8,13,17H,9-12H2,1-2H3. The van der Waals surface area contributed by atoms with Crippen molar-refractivity contribution >= 4 is 0 Å². The van der Waals surface area contributed by atoms with Gasteiger partial charge in [0.2, 0.25) is 0 Å². The van der Waals surface area contributed by atoms with Crippen molar-refractivity contribution in [1.82, 2.24) is 4.90 Å². The van der Waals surface area contributed by atoms with Gasteiger partial charge in [-0.3, -0.25) is 0 Å². The van der Waals surface area contributed by atoms with Crippen LogP contribution in [0.15, 0.2) is 42.5 Å². The van der Waals surface area contributed by atoms with E-state index in [9.17, 15) is 4.39 Å². The van der Waals surface area contributed by atoms with E-state index in [4.69, 9.17) is 0 Å². The molecule has 0 N–H and O–H groups in total. The molecule has 110 valence electrons. The number of hydrogen-bond donors (Lipinski definition) is 0. The van der Waals surface area contributed by atoms with Crippen LogP contribution in [0.3, 0.4) is 0 Å². The summed E-state index contributed by atoms with van der Waals surface area (Å²) in [6, 6.07) is 13.9. The smallest absolute Gasteiger partial charge is 0.123 e. The van der Waals surface area contributed by atoms with Gasteiger partial charge in [-0.1, -0.05) is 30.3 Å². The lowest BCUT2D eigenvalue weighted by Crippen LogP contribution is -2.17. The highest BCUT2D eigenvalue weighted by atomic mass is 19.1. The molecule has 0 aromatic heterocycles. The maximum Gasteiger partial charge on any atom is 0.123 e. The molecule has 1 nitrogen and oxygen atoms in total. The van der Waals surface area contributed by atoms with E-state index in [0.29, 0.717) is 5.92 Å². The van der Waals surface area contributed by atoms with E-state index in [1.54, 1.807) is 12.1 Å². The van der Waals surface area contributed by atoms with Crippen LogP contribution in [-0.4, -0.2) is 25.5 Å². The maximum absolute atomic E-state index is 13.7. The van der Waals surface area contributed by atoms with Crippen molar-refractivity contribution in [3.8, 4) is 0 Å². The SMILES string of the molecule is CN(C)CCC1Cc2ccccc2Cc2ccc(F)cc21. The van der Waals surface area contributed by atoms with E-state index in [-0.39, 0.29) is 5.82 Å². The number of rotatable bonds is 3. The second kappa shape index (κ2) is 5.98. The Bertz CT molecular complexity index is 633. The first-order chi connectivity index (χ1) is 10.1. The molecule has 0 spiro atoms. The van der Waals surface area contributed by atoms with E-state index in [1.807, 2.05) is 6.07 Å². The molecule has 1 aliphatic rings. The quantitative estimate of drug-likeness (QED) is 0.822. The van der Waals surface area contributed by atoms with Gasteiger partial charge in [0.25, 0.3) is 0 Å². The highest BCUT2D eigenvalue weighted by Gasteiger charge is 2.22. The molecule has 0 fully saturated rings. The van der Waals surface area contributed by atoms with Crippen LogP contribution in [0, 0.1) is 5.82 Å². The van der Waals surface area contributed by atoms with Crippen LogP contribution in [0.4, 0.5) is 4.39 Å². The van der Waals surface area contributed by atoms with Crippen molar-refractivity contribution in [2.75, 3.05) is 20.6 Å². The summed E-state index contributed by atoms with van der Waals surface area (Å²) in [6.45, 7) is 1.03. The predicted molar refractivity (Wildman–Crippen MR) is 85.3 cm³/mol. The molecule has 0 bridgehead atoms. The molecule has 3 rings (SSSR count). The molecule has 21 heavy (non-hydrogen) atoms. The number of benzene rings is 2. The summed E-state index contributed by atoms with van der Waals surface area (Å²) in [5.74, 6) is 0.288. The molecule has 0 aliphatic heterocycles. The van der Waals surface area contributed by atoms with Gasteiger partial charge in [0.05, 0.1) is 0 Å². The molecular weight excluding hydrogens is 261 g/mol. The lowest BCUT2D eigenvalue weighted by Gasteiger charge is -2.20. The van der Waals surface area contributed by atoms with Crippen molar-refractivity contribution in [1.29, 1.82) is 0 Å². The highest BCUT2D eigenvalue weighted by molar-refractivity contribution is 5.42. The van der Waals surface area contributed by atoms with Gasteiger partial charge in [0, 0.05) is 0 Å². The van der Waals surface area contributed by atoms with Gasteiger partial charge in [-0.15, -0.1) is 0 Å². The molecule has 1 atom stereocenters. The van der Waals surface area contributed by atoms with Gasteiger partial charge < -0.3 is 4.90 Å². The number of hydrogen-bond acceptors (Lipinski definition) is 1. The number of nitrogens with zero attached hydrogens (tertiary/aromatic N) is 1. The van der Waals surface area contributed by atoms with Crippen LogP contribution in [-0.2, 0) is 12.8 Å². The van der Waals surface area contributed by atoms with E-state index >= 15 is 0 Å². The van der Waals surface area contributed by atoms with Crippen molar-refractivity contribution in [3.05, 3.63) is 70.5 Å². The average molecular weight is 283 g/mol. The molecule has 2 aromatic carbocycles. The second-order valence-electron chi connectivity index (χ2n) is 6.28. The minimum atomic E-state index is -0.116. The second-order valence-corrected chi connectivity index (χ2v) is 6.28. The third-order valence-electron chi connectivity index (χ3n) is 4.44. The molecule has 0 saturated heterocycles.